The number of anilines is 1. The van der Waals surface area contributed by atoms with E-state index in [1.165, 1.54) is 5.56 Å². The van der Waals surface area contributed by atoms with E-state index in [4.69, 9.17) is 10.8 Å². The van der Waals surface area contributed by atoms with Gasteiger partial charge in [0.25, 0.3) is 0 Å². The Hall–Kier alpha value is -1.80. The molecule has 0 atom stereocenters. The third-order valence-corrected chi connectivity index (χ3v) is 2.73. The second kappa shape index (κ2) is 4.37. The highest BCUT2D eigenvalue weighted by molar-refractivity contribution is 5.78. The molecule has 82 valence electrons. The van der Waals surface area contributed by atoms with Crippen molar-refractivity contribution in [2.45, 2.75) is 13.5 Å². The summed E-state index contributed by atoms with van der Waals surface area (Å²) in [5.41, 5.74) is 10.7. The number of hydrogen-bond acceptors (Lipinski definition) is 2. The van der Waals surface area contributed by atoms with E-state index in [0.717, 1.165) is 16.7 Å². The van der Waals surface area contributed by atoms with Crippen LogP contribution in [0.1, 0.15) is 11.1 Å². The van der Waals surface area contributed by atoms with Gasteiger partial charge in [0.2, 0.25) is 0 Å². The lowest BCUT2D eigenvalue weighted by Crippen LogP contribution is -1.96. The van der Waals surface area contributed by atoms with Crippen LogP contribution in [-0.4, -0.2) is 5.11 Å². The van der Waals surface area contributed by atoms with Gasteiger partial charge >= 0.3 is 0 Å². The third-order valence-electron chi connectivity index (χ3n) is 2.73. The molecule has 0 radical (unpaired) electrons. The van der Waals surface area contributed by atoms with Crippen LogP contribution in [0.25, 0.3) is 11.1 Å². The molecule has 0 aliphatic carbocycles. The van der Waals surface area contributed by atoms with E-state index < -0.39 is 0 Å². The Morgan fingerprint density at radius 2 is 1.75 bits per heavy atom. The second-order valence-corrected chi connectivity index (χ2v) is 3.90. The van der Waals surface area contributed by atoms with Crippen LogP contribution < -0.4 is 5.73 Å². The largest absolute Gasteiger partial charge is 0.398 e. The summed E-state index contributed by atoms with van der Waals surface area (Å²) in [5, 5.41) is 9.15. The van der Waals surface area contributed by atoms with E-state index in [-0.39, 0.29) is 6.61 Å². The van der Waals surface area contributed by atoms with Crippen molar-refractivity contribution in [3.63, 3.8) is 0 Å². The van der Waals surface area contributed by atoms with Gasteiger partial charge in [-0.25, -0.2) is 0 Å². The Balaban J connectivity index is 2.51. The Labute approximate surface area is 95.4 Å². The molecule has 0 fully saturated rings. The Bertz CT molecular complexity index is 489. The van der Waals surface area contributed by atoms with Crippen molar-refractivity contribution in [1.29, 1.82) is 0 Å². The average molecular weight is 213 g/mol. The van der Waals surface area contributed by atoms with E-state index in [9.17, 15) is 0 Å². The van der Waals surface area contributed by atoms with Gasteiger partial charge < -0.3 is 10.8 Å². The molecule has 0 spiro atoms. The minimum absolute atomic E-state index is 0.0223. The molecule has 0 aliphatic rings. The quantitative estimate of drug-likeness (QED) is 0.753. The highest BCUT2D eigenvalue weighted by atomic mass is 16.3. The molecular formula is C14H15NO. The molecule has 0 bridgehead atoms. The van der Waals surface area contributed by atoms with Gasteiger partial charge in [0.05, 0.1) is 6.61 Å². The smallest absolute Gasteiger partial charge is 0.0702 e. The van der Waals surface area contributed by atoms with E-state index in [1.807, 2.05) is 30.3 Å². The molecule has 0 amide bonds. The SMILES string of the molecule is Cc1ccc(-c2cccc(CO)c2N)cc1. The number of nitrogen functional groups attached to an aromatic ring is 1. The normalized spacial score (nSPS) is 10.4. The highest BCUT2D eigenvalue weighted by Crippen LogP contribution is 2.28. The molecule has 2 nitrogen and oxygen atoms in total. The molecule has 0 saturated carbocycles. The molecule has 2 heteroatoms. The van der Waals surface area contributed by atoms with E-state index >= 15 is 0 Å². The molecular weight excluding hydrogens is 198 g/mol. The second-order valence-electron chi connectivity index (χ2n) is 3.90. The summed E-state index contributed by atoms with van der Waals surface area (Å²) >= 11 is 0. The number of aliphatic hydroxyl groups is 1. The van der Waals surface area contributed by atoms with Crippen molar-refractivity contribution in [3.8, 4) is 11.1 Å². The minimum atomic E-state index is -0.0223. The first kappa shape index (κ1) is 10.7. The molecule has 0 aliphatic heterocycles. The molecule has 2 aromatic carbocycles. The number of benzene rings is 2. The van der Waals surface area contributed by atoms with Gasteiger partial charge in [0.1, 0.15) is 0 Å². The molecule has 2 rings (SSSR count). The van der Waals surface area contributed by atoms with E-state index in [1.54, 1.807) is 0 Å². The zero-order chi connectivity index (χ0) is 11.5. The summed E-state index contributed by atoms with van der Waals surface area (Å²) in [7, 11) is 0. The fraction of sp³-hybridized carbons (Fsp3) is 0.143. The lowest BCUT2D eigenvalue weighted by atomic mass is 10.00. The zero-order valence-corrected chi connectivity index (χ0v) is 9.27. The minimum Gasteiger partial charge on any atom is -0.398 e. The maximum Gasteiger partial charge on any atom is 0.0702 e. The summed E-state index contributed by atoms with van der Waals surface area (Å²) in [6.07, 6.45) is 0. The predicted octanol–water partition coefficient (Wildman–Crippen LogP) is 2.74. The molecule has 0 saturated heterocycles. The number of aryl methyl sites for hydroxylation is 1. The molecule has 3 N–H and O–H groups in total. The standard InChI is InChI=1S/C14H15NO/c1-10-5-7-11(8-6-10)13-4-2-3-12(9-16)14(13)15/h2-8,16H,9,15H2,1H3. The monoisotopic (exact) mass is 213 g/mol. The van der Waals surface area contributed by atoms with Gasteiger partial charge in [-0.05, 0) is 12.5 Å². The van der Waals surface area contributed by atoms with Crippen LogP contribution in [0.4, 0.5) is 5.69 Å². The van der Waals surface area contributed by atoms with Crippen LogP contribution in [0, 0.1) is 6.92 Å². The summed E-state index contributed by atoms with van der Waals surface area (Å²) in [4.78, 5) is 0. The lowest BCUT2D eigenvalue weighted by molar-refractivity contribution is 0.282. The van der Waals surface area contributed by atoms with Gasteiger partial charge in [0, 0.05) is 16.8 Å². The number of hydrogen-bond donors (Lipinski definition) is 2. The number of aliphatic hydroxyl groups excluding tert-OH is 1. The fourth-order valence-corrected chi connectivity index (χ4v) is 1.74. The van der Waals surface area contributed by atoms with Crippen molar-refractivity contribution >= 4 is 5.69 Å². The van der Waals surface area contributed by atoms with Crippen LogP contribution >= 0.6 is 0 Å². The molecule has 0 aromatic heterocycles. The molecule has 16 heavy (non-hydrogen) atoms. The van der Waals surface area contributed by atoms with Gasteiger partial charge in [-0.15, -0.1) is 0 Å². The number of para-hydroxylation sites is 1. The fourth-order valence-electron chi connectivity index (χ4n) is 1.74. The molecule has 0 unspecified atom stereocenters. The van der Waals surface area contributed by atoms with E-state index in [2.05, 4.69) is 19.1 Å². The summed E-state index contributed by atoms with van der Waals surface area (Å²) in [6.45, 7) is 2.03. The van der Waals surface area contributed by atoms with Crippen LogP contribution in [0.2, 0.25) is 0 Å². The van der Waals surface area contributed by atoms with Crippen molar-refractivity contribution in [3.05, 3.63) is 53.6 Å². The third kappa shape index (κ3) is 1.92. The first-order valence-electron chi connectivity index (χ1n) is 5.27. The van der Waals surface area contributed by atoms with Gasteiger partial charge in [-0.2, -0.15) is 0 Å². The first-order chi connectivity index (χ1) is 7.72. The maximum absolute atomic E-state index is 9.15. The van der Waals surface area contributed by atoms with Crippen molar-refractivity contribution in [2.24, 2.45) is 0 Å². The number of rotatable bonds is 2. The summed E-state index contributed by atoms with van der Waals surface area (Å²) in [6, 6.07) is 13.9. The Morgan fingerprint density at radius 3 is 2.38 bits per heavy atom. The Morgan fingerprint density at radius 1 is 1.06 bits per heavy atom. The Kier molecular flexibility index (Phi) is 2.93. The van der Waals surface area contributed by atoms with Gasteiger partial charge in [-0.3, -0.25) is 0 Å². The van der Waals surface area contributed by atoms with Gasteiger partial charge in [-0.1, -0.05) is 48.0 Å². The first-order valence-corrected chi connectivity index (χ1v) is 5.27. The van der Waals surface area contributed by atoms with Crippen molar-refractivity contribution in [2.75, 3.05) is 5.73 Å². The van der Waals surface area contributed by atoms with Crippen LogP contribution in [0.5, 0.6) is 0 Å². The molecule has 0 heterocycles. The number of nitrogens with two attached hydrogens (primary N) is 1. The van der Waals surface area contributed by atoms with Crippen LogP contribution in [-0.2, 0) is 6.61 Å². The van der Waals surface area contributed by atoms with Gasteiger partial charge in [0.15, 0.2) is 0 Å². The van der Waals surface area contributed by atoms with Crippen LogP contribution in [0.3, 0.4) is 0 Å². The predicted molar refractivity (Wildman–Crippen MR) is 67.0 cm³/mol. The van der Waals surface area contributed by atoms with Crippen LogP contribution in [0.15, 0.2) is 42.5 Å². The zero-order valence-electron chi connectivity index (χ0n) is 9.27. The average Bonchev–Trinajstić information content (AvgIpc) is 2.31. The van der Waals surface area contributed by atoms with Crippen molar-refractivity contribution in [1.82, 2.24) is 0 Å². The topological polar surface area (TPSA) is 46.2 Å². The van der Waals surface area contributed by atoms with Crippen molar-refractivity contribution < 1.29 is 5.11 Å². The highest BCUT2D eigenvalue weighted by Gasteiger charge is 2.05. The summed E-state index contributed by atoms with van der Waals surface area (Å²) in [5.74, 6) is 0. The molecule has 2 aromatic rings. The van der Waals surface area contributed by atoms with E-state index in [0.29, 0.717) is 5.69 Å². The summed E-state index contributed by atoms with van der Waals surface area (Å²) < 4.78 is 0. The maximum atomic E-state index is 9.15. The lowest BCUT2D eigenvalue weighted by Gasteiger charge is -2.09.